The predicted octanol–water partition coefficient (Wildman–Crippen LogP) is 2.59. The van der Waals surface area contributed by atoms with Gasteiger partial charge in [-0.1, -0.05) is 51.0 Å². The number of nitrogens with zero attached hydrogens (tertiary/aromatic N) is 1. The highest BCUT2D eigenvalue weighted by Gasteiger charge is 2.23. The van der Waals surface area contributed by atoms with Gasteiger partial charge < -0.3 is 9.94 Å². The summed E-state index contributed by atoms with van der Waals surface area (Å²) in [6, 6.07) is 8.48. The second kappa shape index (κ2) is 6.36. The summed E-state index contributed by atoms with van der Waals surface area (Å²) in [6.45, 7) is 7.82. The van der Waals surface area contributed by atoms with Crippen LogP contribution in [0, 0.1) is 11.3 Å². The van der Waals surface area contributed by atoms with Gasteiger partial charge in [0.2, 0.25) is 0 Å². The van der Waals surface area contributed by atoms with Crippen molar-refractivity contribution in [3.8, 4) is 0 Å². The lowest BCUT2D eigenvalue weighted by molar-refractivity contribution is -0.231. The summed E-state index contributed by atoms with van der Waals surface area (Å²) < 4.78 is 0. The van der Waals surface area contributed by atoms with Crippen LogP contribution in [0.15, 0.2) is 35.5 Å². The normalized spacial score (nSPS) is 14.0. The number of benzene rings is 1. The summed E-state index contributed by atoms with van der Waals surface area (Å²) in [5.74, 6) is -1.26. The third-order valence-electron chi connectivity index (χ3n) is 2.98. The zero-order chi connectivity index (χ0) is 14.5. The Kier molecular flexibility index (Phi) is 5.10. The van der Waals surface area contributed by atoms with Crippen molar-refractivity contribution in [2.24, 2.45) is 16.5 Å². The zero-order valence-electron chi connectivity index (χ0n) is 11.8. The monoisotopic (exact) mass is 262 g/mol. The van der Waals surface area contributed by atoms with Crippen LogP contribution >= 0.6 is 0 Å². The molecule has 0 aromatic heterocycles. The van der Waals surface area contributed by atoms with E-state index in [1.807, 2.05) is 27.7 Å². The average Bonchev–Trinajstić information content (AvgIpc) is 2.36. The van der Waals surface area contributed by atoms with E-state index in [0.29, 0.717) is 12.0 Å². The van der Waals surface area contributed by atoms with Gasteiger partial charge in [0.25, 0.3) is 0 Å². The molecule has 19 heavy (non-hydrogen) atoms. The Labute approximate surface area is 114 Å². The molecule has 0 amide bonds. The van der Waals surface area contributed by atoms with E-state index in [0.717, 1.165) is 0 Å². The molecule has 4 nitrogen and oxygen atoms in total. The smallest absolute Gasteiger partial charge is 0.365 e. The lowest BCUT2D eigenvalue weighted by atomic mass is 9.79. The first kappa shape index (κ1) is 15.2. The van der Waals surface area contributed by atoms with Crippen LogP contribution < -0.4 is 5.11 Å². The van der Waals surface area contributed by atoms with E-state index in [1.165, 1.54) is 0 Å². The van der Waals surface area contributed by atoms with Crippen LogP contribution in [0.1, 0.15) is 44.5 Å². The Morgan fingerprint density at radius 2 is 1.89 bits per heavy atom. The average molecular weight is 262 g/mol. The van der Waals surface area contributed by atoms with E-state index >= 15 is 0 Å². The topological polar surface area (TPSA) is 61.7 Å². The highest BCUT2D eigenvalue weighted by atomic mass is 16.7. The highest BCUT2D eigenvalue weighted by Crippen LogP contribution is 2.28. The van der Waals surface area contributed by atoms with Crippen LogP contribution in [-0.2, 0) is 4.84 Å². The van der Waals surface area contributed by atoms with E-state index in [9.17, 15) is 9.90 Å². The molecule has 0 heterocycles. The Hall–Kier alpha value is -1.84. The molecule has 0 fully saturated rings. The van der Waals surface area contributed by atoms with Gasteiger partial charge in [-0.2, -0.15) is 0 Å². The van der Waals surface area contributed by atoms with Crippen molar-refractivity contribution in [2.75, 3.05) is 0 Å². The van der Waals surface area contributed by atoms with Gasteiger partial charge in [-0.25, -0.2) is 4.79 Å². The fourth-order valence-corrected chi connectivity index (χ4v) is 1.93. The van der Waals surface area contributed by atoms with Crippen LogP contribution in [0.5, 0.6) is 0 Å². The molecular formula is C15H20NO3-. The molecule has 1 unspecified atom stereocenters. The Morgan fingerprint density at radius 1 is 1.32 bits per heavy atom. The van der Waals surface area contributed by atoms with E-state index in [4.69, 9.17) is 4.84 Å². The highest BCUT2D eigenvalue weighted by molar-refractivity contribution is 5.89. The predicted molar refractivity (Wildman–Crippen MR) is 72.5 cm³/mol. The first-order valence-corrected chi connectivity index (χ1v) is 6.37. The lowest BCUT2D eigenvalue weighted by Gasteiger charge is -2.33. The molecule has 104 valence electrons. The van der Waals surface area contributed by atoms with Crippen molar-refractivity contribution in [3.05, 3.63) is 35.9 Å². The maximum Gasteiger partial charge on any atom is 0.365 e. The molecule has 1 aromatic rings. The minimum absolute atomic E-state index is 0.200. The molecule has 1 rings (SSSR count). The molecule has 0 N–H and O–H groups in total. The molecule has 0 aliphatic carbocycles. The first-order valence-electron chi connectivity index (χ1n) is 6.37. The van der Waals surface area contributed by atoms with Gasteiger partial charge >= 0.3 is 5.97 Å². The number of carbonyl (C=O) groups excluding carboxylic acids is 1. The minimum atomic E-state index is -0.613. The summed E-state index contributed by atoms with van der Waals surface area (Å²) in [6.07, 6.45) is 0.661. The Balaban J connectivity index is 2.73. The van der Waals surface area contributed by atoms with Crippen molar-refractivity contribution in [1.29, 1.82) is 0 Å². The second-order valence-electron chi connectivity index (χ2n) is 5.50. The van der Waals surface area contributed by atoms with E-state index in [-0.39, 0.29) is 17.2 Å². The fraction of sp³-hybridized carbons (Fsp3) is 0.467. The summed E-state index contributed by atoms with van der Waals surface area (Å²) in [5.41, 5.74) is 0.178. The third kappa shape index (κ3) is 4.39. The van der Waals surface area contributed by atoms with Crippen LogP contribution in [0.2, 0.25) is 0 Å². The molecule has 0 radical (unpaired) electrons. The van der Waals surface area contributed by atoms with Gasteiger partial charge in [0.15, 0.2) is 0 Å². The molecule has 0 aliphatic heterocycles. The number of hydrogen-bond acceptors (Lipinski definition) is 4. The Morgan fingerprint density at radius 3 is 2.37 bits per heavy atom. The Bertz CT molecular complexity index is 446. The molecule has 0 saturated heterocycles. The zero-order valence-corrected chi connectivity index (χ0v) is 11.8. The van der Waals surface area contributed by atoms with Gasteiger partial charge in [0, 0.05) is 5.90 Å². The summed E-state index contributed by atoms with van der Waals surface area (Å²) >= 11 is 0. The van der Waals surface area contributed by atoms with Crippen molar-refractivity contribution in [3.63, 3.8) is 0 Å². The molecule has 1 aromatic carbocycles. The molecule has 1 atom stereocenters. The van der Waals surface area contributed by atoms with Crippen molar-refractivity contribution >= 4 is 11.9 Å². The second-order valence-corrected chi connectivity index (χ2v) is 5.50. The van der Waals surface area contributed by atoms with Gasteiger partial charge in [-0.15, -0.1) is 0 Å². The first-order chi connectivity index (χ1) is 8.86. The maximum absolute atomic E-state index is 11.9. The molecule has 0 aliphatic rings. The molecular weight excluding hydrogens is 242 g/mol. The number of rotatable bonds is 4. The van der Waals surface area contributed by atoms with Crippen molar-refractivity contribution in [1.82, 2.24) is 0 Å². The quantitative estimate of drug-likeness (QED) is 0.362. The third-order valence-corrected chi connectivity index (χ3v) is 2.98. The van der Waals surface area contributed by atoms with Crippen LogP contribution in [0.25, 0.3) is 0 Å². The summed E-state index contributed by atoms with van der Waals surface area (Å²) in [5, 5.41) is 15.4. The van der Waals surface area contributed by atoms with Gasteiger partial charge in [0.1, 0.15) is 0 Å². The maximum atomic E-state index is 11.9. The SMILES string of the molecule is CCC(/C([O-])=N/OC(=O)c1ccccc1)C(C)(C)C. The minimum Gasteiger partial charge on any atom is -0.859 e. The standard InChI is InChI=1S/C15H21NO3/c1-5-12(15(2,3)4)13(17)16-19-14(18)11-9-7-6-8-10-11/h6-10,12H,5H2,1-4H3,(H,16,17)/p-1. The van der Waals surface area contributed by atoms with Gasteiger partial charge in [-0.3, -0.25) is 0 Å². The van der Waals surface area contributed by atoms with Crippen molar-refractivity contribution < 1.29 is 14.7 Å². The lowest BCUT2D eigenvalue weighted by Crippen LogP contribution is -2.36. The number of hydrogen-bond donors (Lipinski definition) is 0. The van der Waals surface area contributed by atoms with Gasteiger partial charge in [-0.05, 0) is 29.9 Å². The number of carbonyl (C=O) groups is 1. The van der Waals surface area contributed by atoms with Gasteiger partial charge in [0.05, 0.1) is 5.56 Å². The molecule has 0 spiro atoms. The van der Waals surface area contributed by atoms with Crippen LogP contribution in [0.3, 0.4) is 0 Å². The molecule has 0 saturated carbocycles. The molecule has 4 heteroatoms. The van der Waals surface area contributed by atoms with Crippen LogP contribution in [-0.4, -0.2) is 11.9 Å². The van der Waals surface area contributed by atoms with Crippen molar-refractivity contribution in [2.45, 2.75) is 34.1 Å². The fourth-order valence-electron chi connectivity index (χ4n) is 1.93. The van der Waals surface area contributed by atoms with E-state index in [1.54, 1.807) is 30.3 Å². The summed E-state index contributed by atoms with van der Waals surface area (Å²) in [7, 11) is 0. The largest absolute Gasteiger partial charge is 0.859 e. The van der Waals surface area contributed by atoms with E-state index < -0.39 is 5.97 Å². The molecule has 0 bridgehead atoms. The number of oxime groups is 1. The van der Waals surface area contributed by atoms with Crippen LogP contribution in [0.4, 0.5) is 0 Å². The van der Waals surface area contributed by atoms with E-state index in [2.05, 4.69) is 5.16 Å². The summed E-state index contributed by atoms with van der Waals surface area (Å²) in [4.78, 5) is 16.3.